The number of aliphatic hydroxyl groups is 1. The Balaban J connectivity index is 1.97. The molecule has 3 rings (SSSR count). The molecule has 1 aromatic carbocycles. The highest BCUT2D eigenvalue weighted by atomic mass is 19.4. The highest BCUT2D eigenvalue weighted by Crippen LogP contribution is 2.48. The van der Waals surface area contributed by atoms with E-state index in [0.717, 1.165) is 4.90 Å². The molecule has 2 amide bonds. The first-order valence-corrected chi connectivity index (χ1v) is 10.2. The normalized spacial score (nSPS) is 20.5. The lowest BCUT2D eigenvalue weighted by atomic mass is 9.74. The molecule has 1 aliphatic rings. The number of amides is 2. The molecule has 0 saturated heterocycles. The third-order valence-electron chi connectivity index (χ3n) is 5.52. The molecule has 1 heterocycles. The van der Waals surface area contributed by atoms with Gasteiger partial charge in [0.2, 0.25) is 5.88 Å². The molecular formula is C22H24F5N3O3. The van der Waals surface area contributed by atoms with Crippen LogP contribution in [0.2, 0.25) is 0 Å². The van der Waals surface area contributed by atoms with Gasteiger partial charge in [-0.3, -0.25) is 4.90 Å². The number of benzene rings is 1. The van der Waals surface area contributed by atoms with Crippen LogP contribution in [0, 0.1) is 6.92 Å². The van der Waals surface area contributed by atoms with Crippen molar-refractivity contribution in [2.45, 2.75) is 64.0 Å². The number of nitrogens with zero attached hydrogens (tertiary/aromatic N) is 2. The standard InChI is InChI=1S/C22H24F5N3O3/c1-12(2)15-6-4-5-7-17(15)30(14-10-21(32,11-14)22(25,26)27)20(31)29-16-9-8-13(3)28-18(16)33-19(23)24/h4-9,12,14,19,32H,10-11H2,1-3H3,(H,29,31). The van der Waals surface area contributed by atoms with Crippen LogP contribution in [-0.2, 0) is 0 Å². The number of nitrogens with one attached hydrogen (secondary N) is 1. The molecule has 11 heteroatoms. The second-order valence-corrected chi connectivity index (χ2v) is 8.29. The number of ether oxygens (including phenoxy) is 1. The van der Waals surface area contributed by atoms with E-state index >= 15 is 0 Å². The molecule has 2 aromatic rings. The zero-order valence-corrected chi connectivity index (χ0v) is 18.2. The summed E-state index contributed by atoms with van der Waals surface area (Å²) >= 11 is 0. The van der Waals surface area contributed by atoms with Crippen molar-refractivity contribution in [3.05, 3.63) is 47.7 Å². The topological polar surface area (TPSA) is 74.7 Å². The zero-order chi connectivity index (χ0) is 24.6. The number of urea groups is 1. The van der Waals surface area contributed by atoms with Crippen molar-refractivity contribution in [3.63, 3.8) is 0 Å². The molecule has 180 valence electrons. The summed E-state index contributed by atoms with van der Waals surface area (Å²) in [5, 5.41) is 12.4. The van der Waals surface area contributed by atoms with E-state index in [1.54, 1.807) is 31.2 Å². The number of halogens is 5. The number of rotatable bonds is 6. The van der Waals surface area contributed by atoms with Crippen LogP contribution in [0.1, 0.15) is 43.9 Å². The van der Waals surface area contributed by atoms with Gasteiger partial charge in [-0.2, -0.15) is 22.0 Å². The molecule has 0 atom stereocenters. The SMILES string of the molecule is Cc1ccc(NC(=O)N(c2ccccc2C(C)C)C2CC(O)(C(F)(F)F)C2)c(OC(F)F)n1. The largest absolute Gasteiger partial charge is 0.417 e. The first kappa shape index (κ1) is 24.7. The highest BCUT2D eigenvalue weighted by Gasteiger charge is 2.63. The Labute approximate surface area is 187 Å². The van der Waals surface area contributed by atoms with Gasteiger partial charge in [0, 0.05) is 30.3 Å². The third kappa shape index (κ3) is 5.18. The van der Waals surface area contributed by atoms with Gasteiger partial charge in [0.25, 0.3) is 0 Å². The van der Waals surface area contributed by atoms with Crippen molar-refractivity contribution in [1.29, 1.82) is 0 Å². The minimum absolute atomic E-state index is 0.0724. The van der Waals surface area contributed by atoms with Crippen molar-refractivity contribution in [2.24, 2.45) is 0 Å². The molecule has 1 aromatic heterocycles. The average Bonchev–Trinajstić information content (AvgIpc) is 2.67. The number of alkyl halides is 5. The number of hydrogen-bond donors (Lipinski definition) is 2. The van der Waals surface area contributed by atoms with Crippen LogP contribution in [0.3, 0.4) is 0 Å². The Bertz CT molecular complexity index is 1010. The van der Waals surface area contributed by atoms with Crippen molar-refractivity contribution in [2.75, 3.05) is 10.2 Å². The van der Waals surface area contributed by atoms with Crippen LogP contribution in [0.25, 0.3) is 0 Å². The van der Waals surface area contributed by atoms with Gasteiger partial charge < -0.3 is 15.2 Å². The van der Waals surface area contributed by atoms with Gasteiger partial charge in [-0.15, -0.1) is 0 Å². The molecule has 2 N–H and O–H groups in total. The molecule has 0 spiro atoms. The lowest BCUT2D eigenvalue weighted by Gasteiger charge is -2.49. The maximum atomic E-state index is 13.3. The number of para-hydroxylation sites is 1. The fraction of sp³-hybridized carbons (Fsp3) is 0.455. The molecule has 0 radical (unpaired) electrons. The van der Waals surface area contributed by atoms with Gasteiger partial charge in [-0.05, 0) is 36.6 Å². The summed E-state index contributed by atoms with van der Waals surface area (Å²) in [6.07, 6.45) is -6.28. The van der Waals surface area contributed by atoms with Crippen molar-refractivity contribution >= 4 is 17.4 Å². The molecule has 1 saturated carbocycles. The Hall–Kier alpha value is -2.95. The molecule has 6 nitrogen and oxygen atoms in total. The number of hydrogen-bond acceptors (Lipinski definition) is 4. The fourth-order valence-electron chi connectivity index (χ4n) is 3.78. The van der Waals surface area contributed by atoms with E-state index in [2.05, 4.69) is 15.0 Å². The maximum Gasteiger partial charge on any atom is 0.417 e. The van der Waals surface area contributed by atoms with E-state index in [9.17, 15) is 31.9 Å². The summed E-state index contributed by atoms with van der Waals surface area (Å²) in [6, 6.07) is 7.65. The first-order valence-electron chi connectivity index (χ1n) is 10.2. The molecule has 1 aliphatic carbocycles. The monoisotopic (exact) mass is 473 g/mol. The van der Waals surface area contributed by atoms with E-state index in [1.165, 1.54) is 12.1 Å². The van der Waals surface area contributed by atoms with Crippen LogP contribution in [0.15, 0.2) is 36.4 Å². The number of carbonyl (C=O) groups is 1. The van der Waals surface area contributed by atoms with E-state index in [1.807, 2.05) is 13.8 Å². The third-order valence-corrected chi connectivity index (χ3v) is 5.52. The summed E-state index contributed by atoms with van der Waals surface area (Å²) in [5.74, 6) is -0.590. The summed E-state index contributed by atoms with van der Waals surface area (Å²) in [7, 11) is 0. The van der Waals surface area contributed by atoms with E-state index in [0.29, 0.717) is 16.9 Å². The fourth-order valence-corrected chi connectivity index (χ4v) is 3.78. The average molecular weight is 473 g/mol. The Morgan fingerprint density at radius 3 is 2.42 bits per heavy atom. The molecule has 0 unspecified atom stereocenters. The van der Waals surface area contributed by atoms with Crippen LogP contribution >= 0.6 is 0 Å². The number of anilines is 2. The predicted molar refractivity (Wildman–Crippen MR) is 112 cm³/mol. The molecule has 0 aliphatic heterocycles. The predicted octanol–water partition coefficient (Wildman–Crippen LogP) is 5.61. The van der Waals surface area contributed by atoms with Gasteiger partial charge in [0.15, 0.2) is 5.60 Å². The van der Waals surface area contributed by atoms with Gasteiger partial charge in [0.1, 0.15) is 5.69 Å². The zero-order valence-electron chi connectivity index (χ0n) is 18.2. The lowest BCUT2D eigenvalue weighted by molar-refractivity contribution is -0.289. The van der Waals surface area contributed by atoms with Gasteiger partial charge in [-0.1, -0.05) is 32.0 Å². The van der Waals surface area contributed by atoms with E-state index in [4.69, 9.17) is 0 Å². The maximum absolute atomic E-state index is 13.3. The summed E-state index contributed by atoms with van der Waals surface area (Å²) < 4.78 is 69.7. The molecule has 1 fully saturated rings. The van der Waals surface area contributed by atoms with Gasteiger partial charge in [0.05, 0.1) is 0 Å². The van der Waals surface area contributed by atoms with E-state index in [-0.39, 0.29) is 11.6 Å². The minimum Gasteiger partial charge on any atom is -0.415 e. The van der Waals surface area contributed by atoms with Gasteiger partial charge in [-0.25, -0.2) is 9.78 Å². The molecule has 0 bridgehead atoms. The lowest BCUT2D eigenvalue weighted by Crippen LogP contribution is -2.64. The van der Waals surface area contributed by atoms with Crippen LogP contribution in [-0.4, -0.2) is 40.6 Å². The summed E-state index contributed by atoms with van der Waals surface area (Å²) in [5.41, 5.74) is -1.65. The summed E-state index contributed by atoms with van der Waals surface area (Å²) in [4.78, 5) is 18.3. The Kier molecular flexibility index (Phi) is 6.83. The van der Waals surface area contributed by atoms with Crippen molar-refractivity contribution in [1.82, 2.24) is 4.98 Å². The number of pyridine rings is 1. The Morgan fingerprint density at radius 1 is 1.21 bits per heavy atom. The van der Waals surface area contributed by atoms with Gasteiger partial charge >= 0.3 is 18.8 Å². The quantitative estimate of drug-likeness (QED) is 0.535. The number of aromatic nitrogens is 1. The van der Waals surface area contributed by atoms with Crippen LogP contribution < -0.4 is 15.0 Å². The van der Waals surface area contributed by atoms with E-state index < -0.39 is 49.2 Å². The molecular weight excluding hydrogens is 449 g/mol. The number of aryl methyl sites for hydroxylation is 1. The van der Waals surface area contributed by atoms with Crippen molar-refractivity contribution in [3.8, 4) is 5.88 Å². The summed E-state index contributed by atoms with van der Waals surface area (Å²) in [6.45, 7) is 2.07. The second-order valence-electron chi connectivity index (χ2n) is 8.29. The van der Waals surface area contributed by atoms with Crippen LogP contribution in [0.5, 0.6) is 5.88 Å². The second kappa shape index (κ2) is 9.12. The smallest absolute Gasteiger partial charge is 0.415 e. The first-order chi connectivity index (χ1) is 15.3. The minimum atomic E-state index is -4.84. The molecule has 33 heavy (non-hydrogen) atoms. The van der Waals surface area contributed by atoms with Crippen LogP contribution in [0.4, 0.5) is 38.1 Å². The Morgan fingerprint density at radius 2 is 1.85 bits per heavy atom. The highest BCUT2D eigenvalue weighted by molar-refractivity contribution is 6.03. The van der Waals surface area contributed by atoms with Crippen molar-refractivity contribution < 1.29 is 36.6 Å². The number of carbonyl (C=O) groups excluding carboxylic acids is 1.